The quantitative estimate of drug-likeness (QED) is 0.181. The highest BCUT2D eigenvalue weighted by molar-refractivity contribution is 7.92. The molecule has 0 bridgehead atoms. The molecule has 11 heteroatoms. The maximum Gasteiger partial charge on any atom is 0.264 e. The number of rotatable bonds is 11. The summed E-state index contributed by atoms with van der Waals surface area (Å²) in [6.45, 7) is 6.52. The first-order valence-electron chi connectivity index (χ1n) is 14.6. The van der Waals surface area contributed by atoms with Crippen molar-refractivity contribution in [2.45, 2.75) is 57.1 Å². The fourth-order valence-electron chi connectivity index (χ4n) is 4.81. The first kappa shape index (κ1) is 34.9. The van der Waals surface area contributed by atoms with Crippen molar-refractivity contribution in [1.82, 2.24) is 10.2 Å². The van der Waals surface area contributed by atoms with Crippen LogP contribution in [-0.2, 0) is 32.6 Å². The molecule has 1 N–H and O–H groups in total. The number of anilines is 1. The first-order valence-corrected chi connectivity index (χ1v) is 16.8. The Morgan fingerprint density at radius 2 is 1.52 bits per heavy atom. The van der Waals surface area contributed by atoms with Crippen LogP contribution in [0, 0.1) is 12.7 Å². The van der Waals surface area contributed by atoms with E-state index in [0.29, 0.717) is 10.6 Å². The van der Waals surface area contributed by atoms with Gasteiger partial charge in [0.25, 0.3) is 10.0 Å². The van der Waals surface area contributed by atoms with E-state index in [1.807, 2.05) is 58.0 Å². The van der Waals surface area contributed by atoms with E-state index >= 15 is 0 Å². The molecule has 46 heavy (non-hydrogen) atoms. The number of benzene rings is 4. The van der Waals surface area contributed by atoms with Crippen LogP contribution in [-0.4, -0.2) is 43.3 Å². The number of halogens is 3. The second-order valence-corrected chi connectivity index (χ2v) is 14.7. The lowest BCUT2D eigenvalue weighted by molar-refractivity contribution is -0.140. The van der Waals surface area contributed by atoms with Crippen LogP contribution < -0.4 is 9.62 Å². The molecule has 0 fully saturated rings. The summed E-state index contributed by atoms with van der Waals surface area (Å²) in [5.41, 5.74) is 1.60. The van der Waals surface area contributed by atoms with Crippen molar-refractivity contribution >= 4 is 50.7 Å². The van der Waals surface area contributed by atoms with Crippen molar-refractivity contribution in [2.24, 2.45) is 0 Å². The predicted octanol–water partition coefficient (Wildman–Crippen LogP) is 7.19. The van der Waals surface area contributed by atoms with E-state index in [2.05, 4.69) is 5.32 Å². The fourth-order valence-corrected chi connectivity index (χ4v) is 6.70. The molecular formula is C35H36Cl2FN3O4S. The van der Waals surface area contributed by atoms with E-state index in [1.165, 1.54) is 35.2 Å². The van der Waals surface area contributed by atoms with Gasteiger partial charge in [-0.2, -0.15) is 0 Å². The Bertz CT molecular complexity index is 1780. The number of hydrogen-bond donors (Lipinski definition) is 1. The molecular weight excluding hydrogens is 648 g/mol. The average molecular weight is 685 g/mol. The van der Waals surface area contributed by atoms with Gasteiger partial charge in [-0.05, 0) is 87.4 Å². The van der Waals surface area contributed by atoms with Crippen molar-refractivity contribution in [3.05, 3.63) is 130 Å². The molecule has 0 saturated heterocycles. The van der Waals surface area contributed by atoms with Crippen LogP contribution in [0.2, 0.25) is 10.0 Å². The van der Waals surface area contributed by atoms with E-state index in [-0.39, 0.29) is 28.6 Å². The summed E-state index contributed by atoms with van der Waals surface area (Å²) in [5, 5.41) is 3.65. The Hall–Kier alpha value is -3.92. The normalized spacial score (nSPS) is 12.3. The van der Waals surface area contributed by atoms with Gasteiger partial charge >= 0.3 is 0 Å². The zero-order valence-electron chi connectivity index (χ0n) is 26.0. The molecule has 4 aromatic carbocycles. The van der Waals surface area contributed by atoms with E-state index < -0.39 is 45.8 Å². The van der Waals surface area contributed by atoms with Crippen LogP contribution in [0.4, 0.5) is 10.1 Å². The Morgan fingerprint density at radius 1 is 0.891 bits per heavy atom. The molecule has 0 aliphatic heterocycles. The second-order valence-electron chi connectivity index (χ2n) is 12.0. The Morgan fingerprint density at radius 3 is 2.11 bits per heavy atom. The number of nitrogens with one attached hydrogen (secondary N) is 1. The number of aryl methyl sites for hydroxylation is 1. The van der Waals surface area contributed by atoms with Crippen LogP contribution in [0.3, 0.4) is 0 Å². The molecule has 0 aromatic heterocycles. The zero-order valence-corrected chi connectivity index (χ0v) is 28.3. The summed E-state index contributed by atoms with van der Waals surface area (Å²) < 4.78 is 43.0. The largest absolute Gasteiger partial charge is 0.350 e. The minimum absolute atomic E-state index is 0.0474. The van der Waals surface area contributed by atoms with Crippen molar-refractivity contribution in [3.63, 3.8) is 0 Å². The van der Waals surface area contributed by atoms with E-state index in [0.717, 1.165) is 27.6 Å². The van der Waals surface area contributed by atoms with E-state index in [1.54, 1.807) is 24.3 Å². The third kappa shape index (κ3) is 9.09. The maximum absolute atomic E-state index is 14.5. The van der Waals surface area contributed by atoms with Gasteiger partial charge in [0.15, 0.2) is 0 Å². The van der Waals surface area contributed by atoms with E-state index in [4.69, 9.17) is 23.2 Å². The summed E-state index contributed by atoms with van der Waals surface area (Å²) >= 11 is 12.7. The summed E-state index contributed by atoms with van der Waals surface area (Å²) in [6, 6.07) is 24.0. The van der Waals surface area contributed by atoms with Crippen molar-refractivity contribution in [2.75, 3.05) is 10.8 Å². The number of sulfonamides is 1. The molecule has 0 unspecified atom stereocenters. The minimum Gasteiger partial charge on any atom is -0.350 e. The molecule has 0 radical (unpaired) electrons. The van der Waals surface area contributed by atoms with Crippen LogP contribution in [0.5, 0.6) is 0 Å². The molecule has 2 amide bonds. The second kappa shape index (κ2) is 14.7. The van der Waals surface area contributed by atoms with Crippen molar-refractivity contribution < 1.29 is 22.4 Å². The Balaban J connectivity index is 1.83. The van der Waals surface area contributed by atoms with Gasteiger partial charge in [-0.25, -0.2) is 12.8 Å². The SMILES string of the molecule is Cc1ccc(S(=O)(=O)N(CC(=O)N(Cc2ccc(Cl)cc2Cl)[C@@H](Cc2ccccc2)C(=O)NC(C)(C)C)c2ccc(F)cc2)cc1. The topological polar surface area (TPSA) is 86.8 Å². The lowest BCUT2D eigenvalue weighted by Crippen LogP contribution is -2.56. The van der Waals surface area contributed by atoms with Gasteiger partial charge in [0, 0.05) is 28.5 Å². The molecule has 7 nitrogen and oxygen atoms in total. The molecule has 0 saturated carbocycles. The highest BCUT2D eigenvalue weighted by Gasteiger charge is 2.36. The van der Waals surface area contributed by atoms with Gasteiger partial charge in [-0.3, -0.25) is 13.9 Å². The molecule has 0 aliphatic carbocycles. The van der Waals surface area contributed by atoms with E-state index in [9.17, 15) is 22.4 Å². The predicted molar refractivity (Wildman–Crippen MR) is 181 cm³/mol. The number of carbonyl (C=O) groups excluding carboxylic acids is 2. The molecule has 4 rings (SSSR count). The summed E-state index contributed by atoms with van der Waals surface area (Å²) in [4.78, 5) is 29.7. The van der Waals surface area contributed by atoms with Gasteiger partial charge in [-0.15, -0.1) is 0 Å². The van der Waals surface area contributed by atoms with Crippen molar-refractivity contribution in [3.8, 4) is 0 Å². The molecule has 0 aliphatic rings. The van der Waals surface area contributed by atoms with Crippen LogP contribution in [0.1, 0.15) is 37.5 Å². The molecule has 1 atom stereocenters. The first-order chi connectivity index (χ1) is 21.6. The van der Waals surface area contributed by atoms with Gasteiger partial charge in [-0.1, -0.05) is 77.3 Å². The van der Waals surface area contributed by atoms with Gasteiger partial charge < -0.3 is 10.2 Å². The molecule has 0 heterocycles. The standard InChI is InChI=1S/C35H36Cl2FN3O4S/c1-24-10-18-30(19-11-24)46(44,45)41(29-16-14-28(38)15-17-29)23-33(42)40(22-26-12-13-27(36)21-31(26)37)32(34(43)39-35(2,3)4)20-25-8-6-5-7-9-25/h5-19,21,32H,20,22-23H2,1-4H3,(H,39,43)/t32-/m0/s1. The van der Waals surface area contributed by atoms with Crippen molar-refractivity contribution in [1.29, 1.82) is 0 Å². The summed E-state index contributed by atoms with van der Waals surface area (Å²) in [6.07, 6.45) is 0.140. The third-order valence-electron chi connectivity index (χ3n) is 7.13. The molecule has 242 valence electrons. The smallest absolute Gasteiger partial charge is 0.264 e. The lowest BCUT2D eigenvalue weighted by atomic mass is 10.0. The number of amides is 2. The third-order valence-corrected chi connectivity index (χ3v) is 9.50. The number of carbonyl (C=O) groups is 2. The molecule has 0 spiro atoms. The highest BCUT2D eigenvalue weighted by atomic mass is 35.5. The zero-order chi connectivity index (χ0) is 33.6. The monoisotopic (exact) mass is 683 g/mol. The van der Waals surface area contributed by atoms with Gasteiger partial charge in [0.2, 0.25) is 11.8 Å². The minimum atomic E-state index is -4.31. The van der Waals surface area contributed by atoms with Crippen LogP contribution in [0.25, 0.3) is 0 Å². The van der Waals surface area contributed by atoms with Gasteiger partial charge in [0.1, 0.15) is 18.4 Å². The Labute approximate surface area is 280 Å². The number of hydrogen-bond acceptors (Lipinski definition) is 4. The van der Waals surface area contributed by atoms with Crippen LogP contribution >= 0.6 is 23.2 Å². The number of nitrogens with zero attached hydrogens (tertiary/aromatic N) is 2. The summed E-state index contributed by atoms with van der Waals surface area (Å²) in [7, 11) is -4.31. The van der Waals surface area contributed by atoms with Crippen LogP contribution in [0.15, 0.2) is 102 Å². The lowest BCUT2D eigenvalue weighted by Gasteiger charge is -2.35. The average Bonchev–Trinajstić information content (AvgIpc) is 2.99. The molecule has 4 aromatic rings. The Kier molecular flexibility index (Phi) is 11.1. The summed E-state index contributed by atoms with van der Waals surface area (Å²) in [5.74, 6) is -1.66. The van der Waals surface area contributed by atoms with Gasteiger partial charge in [0.05, 0.1) is 10.6 Å². The maximum atomic E-state index is 14.5. The highest BCUT2D eigenvalue weighted by Crippen LogP contribution is 2.28. The fraction of sp³-hybridized carbons (Fsp3) is 0.257.